The van der Waals surface area contributed by atoms with E-state index in [9.17, 15) is 33.9 Å². The zero-order valence-corrected chi connectivity index (χ0v) is 14.4. The second-order valence-electron chi connectivity index (χ2n) is 4.79. The van der Waals surface area contributed by atoms with E-state index in [0.717, 1.165) is 12.1 Å². The molecule has 0 amide bonds. The van der Waals surface area contributed by atoms with Crippen LogP contribution in [0.2, 0.25) is 5.02 Å². The summed E-state index contributed by atoms with van der Waals surface area (Å²) in [4.78, 5) is -0.225. The quantitative estimate of drug-likeness (QED) is 0.283. The molecular formula is C12H13ClF4O5S2. The fraction of sp³-hybridized carbons (Fsp3) is 0.500. The topological polar surface area (TPSA) is 77.5 Å². The Morgan fingerprint density at radius 2 is 1.62 bits per heavy atom. The molecule has 1 rings (SSSR count). The smallest absolute Gasteiger partial charge is 0.266 e. The van der Waals surface area contributed by atoms with Crippen molar-refractivity contribution in [3.8, 4) is 0 Å². The lowest BCUT2D eigenvalue weighted by molar-refractivity contribution is -0.135. The Labute approximate surface area is 141 Å². The number of hydrogen-bond donors (Lipinski definition) is 0. The van der Waals surface area contributed by atoms with E-state index in [2.05, 4.69) is 4.18 Å². The molecule has 0 aliphatic heterocycles. The number of benzene rings is 1. The fourth-order valence-corrected chi connectivity index (χ4v) is 3.65. The predicted molar refractivity (Wildman–Crippen MR) is 78.3 cm³/mol. The molecule has 0 spiro atoms. The van der Waals surface area contributed by atoms with Crippen molar-refractivity contribution in [3.05, 3.63) is 29.3 Å². The summed E-state index contributed by atoms with van der Waals surface area (Å²) in [7, 11) is -9.58. The van der Waals surface area contributed by atoms with Gasteiger partial charge in [0.25, 0.3) is 10.1 Å². The Morgan fingerprint density at radius 1 is 1.08 bits per heavy atom. The Kier molecular flexibility index (Phi) is 7.03. The van der Waals surface area contributed by atoms with Crippen LogP contribution in [0.25, 0.3) is 0 Å². The van der Waals surface area contributed by atoms with Crippen molar-refractivity contribution in [1.29, 1.82) is 0 Å². The number of rotatable bonds is 8. The van der Waals surface area contributed by atoms with Crippen molar-refractivity contribution in [2.45, 2.75) is 35.6 Å². The van der Waals surface area contributed by atoms with E-state index < -0.39 is 57.6 Å². The first-order valence-electron chi connectivity index (χ1n) is 6.46. The van der Waals surface area contributed by atoms with Crippen LogP contribution in [0.4, 0.5) is 17.1 Å². The minimum absolute atomic E-state index is 0.225. The predicted octanol–water partition coefficient (Wildman–Crippen LogP) is 3.45. The van der Waals surface area contributed by atoms with Gasteiger partial charge in [0.1, 0.15) is 0 Å². The van der Waals surface area contributed by atoms with E-state index in [0.29, 0.717) is 0 Å². The lowest BCUT2D eigenvalue weighted by Crippen LogP contribution is -2.25. The van der Waals surface area contributed by atoms with Gasteiger partial charge in [0, 0.05) is 5.02 Å². The number of hydrogen-bond acceptors (Lipinski definition) is 5. The molecule has 0 bridgehead atoms. The molecule has 1 unspecified atom stereocenters. The number of halogens is 5. The summed E-state index contributed by atoms with van der Waals surface area (Å²) in [5, 5.41) is -2.00. The first-order valence-corrected chi connectivity index (χ1v) is 9.70. The standard InChI is InChI=1S/C12H13ClF4O5S2/c13-9-3-5-10(6-4-9)24(20,21)22-7-1-2-11(23(17,18)19)8-12(14,15)16/h3-6,11H,1-2,7-8H2. The van der Waals surface area contributed by atoms with Gasteiger partial charge < -0.3 is 0 Å². The van der Waals surface area contributed by atoms with Crippen molar-refractivity contribution >= 4 is 31.9 Å². The molecule has 1 atom stereocenters. The molecule has 1 aromatic rings. The third-order valence-corrected chi connectivity index (χ3v) is 5.65. The van der Waals surface area contributed by atoms with Crippen molar-refractivity contribution in [3.63, 3.8) is 0 Å². The van der Waals surface area contributed by atoms with E-state index >= 15 is 0 Å². The molecule has 24 heavy (non-hydrogen) atoms. The molecule has 0 aliphatic carbocycles. The maximum Gasteiger partial charge on any atom is 0.390 e. The van der Waals surface area contributed by atoms with E-state index in [4.69, 9.17) is 11.6 Å². The van der Waals surface area contributed by atoms with Gasteiger partial charge in [-0.3, -0.25) is 4.18 Å². The van der Waals surface area contributed by atoms with Gasteiger partial charge in [0.05, 0.1) is 23.2 Å². The van der Waals surface area contributed by atoms with Crippen LogP contribution in [0.3, 0.4) is 0 Å². The first-order chi connectivity index (χ1) is 10.8. The van der Waals surface area contributed by atoms with Gasteiger partial charge in [-0.15, -0.1) is 3.89 Å². The summed E-state index contributed by atoms with van der Waals surface area (Å²) >= 11 is 5.60. The molecule has 0 heterocycles. The van der Waals surface area contributed by atoms with Crippen LogP contribution < -0.4 is 0 Å². The van der Waals surface area contributed by atoms with Gasteiger partial charge in [0.2, 0.25) is 0 Å². The molecule has 1 aromatic carbocycles. The second kappa shape index (κ2) is 7.98. The molecule has 0 saturated heterocycles. The highest BCUT2D eigenvalue weighted by Gasteiger charge is 2.38. The van der Waals surface area contributed by atoms with Gasteiger partial charge in [-0.25, -0.2) is 0 Å². The molecule has 0 aliphatic rings. The average Bonchev–Trinajstić information content (AvgIpc) is 2.40. The second-order valence-corrected chi connectivity index (χ2v) is 8.46. The van der Waals surface area contributed by atoms with Gasteiger partial charge in [-0.2, -0.15) is 30.0 Å². The van der Waals surface area contributed by atoms with E-state index in [-0.39, 0.29) is 9.92 Å². The van der Waals surface area contributed by atoms with Gasteiger partial charge >= 0.3 is 16.4 Å². The monoisotopic (exact) mass is 412 g/mol. The highest BCUT2D eigenvalue weighted by Crippen LogP contribution is 2.28. The number of alkyl halides is 3. The van der Waals surface area contributed by atoms with Crippen LogP contribution in [0.5, 0.6) is 0 Å². The molecule has 0 N–H and O–H groups in total. The zero-order chi connectivity index (χ0) is 18.6. The van der Waals surface area contributed by atoms with Crippen LogP contribution in [0.1, 0.15) is 19.3 Å². The molecule has 5 nitrogen and oxygen atoms in total. The van der Waals surface area contributed by atoms with Crippen LogP contribution in [0.15, 0.2) is 29.2 Å². The van der Waals surface area contributed by atoms with E-state index in [1.807, 2.05) is 0 Å². The summed E-state index contributed by atoms with van der Waals surface area (Å²) in [6, 6.07) is 4.92. The van der Waals surface area contributed by atoms with Crippen LogP contribution in [0, 0.1) is 0 Å². The lowest BCUT2D eigenvalue weighted by atomic mass is 10.2. The Hall–Kier alpha value is -0.910. The molecule has 138 valence electrons. The Balaban J connectivity index is 2.61. The summed E-state index contributed by atoms with van der Waals surface area (Å²) in [5.41, 5.74) is 0. The Morgan fingerprint density at radius 3 is 2.08 bits per heavy atom. The Bertz CT molecular complexity index is 745. The summed E-state index contributed by atoms with van der Waals surface area (Å²) in [5.74, 6) is 0. The lowest BCUT2D eigenvalue weighted by Gasteiger charge is -2.14. The van der Waals surface area contributed by atoms with E-state index in [1.165, 1.54) is 12.1 Å². The van der Waals surface area contributed by atoms with Crippen LogP contribution in [-0.2, 0) is 24.5 Å². The fourth-order valence-electron chi connectivity index (χ4n) is 1.75. The minimum atomic E-state index is -5.41. The third kappa shape index (κ3) is 7.32. The first kappa shape index (κ1) is 21.1. The molecule has 12 heteroatoms. The summed E-state index contributed by atoms with van der Waals surface area (Å²) < 4.78 is 99.1. The molecular weight excluding hydrogens is 400 g/mol. The summed E-state index contributed by atoms with van der Waals surface area (Å²) in [6.07, 6.45) is -7.83. The van der Waals surface area contributed by atoms with Crippen LogP contribution in [-0.4, -0.2) is 34.9 Å². The van der Waals surface area contributed by atoms with E-state index in [1.54, 1.807) is 0 Å². The maximum absolute atomic E-state index is 12.8. The third-order valence-electron chi connectivity index (χ3n) is 2.87. The SMILES string of the molecule is O=S(=O)(OCCCC(CC(F)(F)F)S(=O)(=O)F)c1ccc(Cl)cc1. The van der Waals surface area contributed by atoms with Gasteiger partial charge in [-0.05, 0) is 37.1 Å². The molecule has 0 saturated carbocycles. The summed E-state index contributed by atoms with van der Waals surface area (Å²) in [6.45, 7) is -0.588. The zero-order valence-electron chi connectivity index (χ0n) is 12.0. The van der Waals surface area contributed by atoms with Crippen molar-refractivity contribution < 1.29 is 38.1 Å². The largest absolute Gasteiger partial charge is 0.390 e. The van der Waals surface area contributed by atoms with Gasteiger partial charge in [0.15, 0.2) is 0 Å². The average molecular weight is 413 g/mol. The van der Waals surface area contributed by atoms with Crippen molar-refractivity contribution in [2.24, 2.45) is 0 Å². The highest BCUT2D eigenvalue weighted by atomic mass is 35.5. The minimum Gasteiger partial charge on any atom is -0.266 e. The highest BCUT2D eigenvalue weighted by molar-refractivity contribution is 7.87. The molecule has 0 aromatic heterocycles. The molecule has 0 fully saturated rings. The normalized spacial score (nSPS) is 14.5. The van der Waals surface area contributed by atoms with Gasteiger partial charge in [-0.1, -0.05) is 11.6 Å². The maximum atomic E-state index is 12.8. The van der Waals surface area contributed by atoms with Crippen LogP contribution >= 0.6 is 11.6 Å². The van der Waals surface area contributed by atoms with Crippen molar-refractivity contribution in [2.75, 3.05) is 6.61 Å². The van der Waals surface area contributed by atoms with Crippen molar-refractivity contribution in [1.82, 2.24) is 0 Å². The molecule has 0 radical (unpaired) electrons.